The molecule has 0 spiro atoms. The third-order valence-electron chi connectivity index (χ3n) is 4.83. The fourth-order valence-corrected chi connectivity index (χ4v) is 3.48. The summed E-state index contributed by atoms with van der Waals surface area (Å²) in [6, 6.07) is 7.93. The van der Waals surface area contributed by atoms with Crippen molar-refractivity contribution in [2.75, 3.05) is 19.0 Å². The lowest BCUT2D eigenvalue weighted by atomic mass is 9.60. The molecule has 0 aromatic heterocycles. The Labute approximate surface area is 138 Å². The van der Waals surface area contributed by atoms with Crippen LogP contribution in [0.5, 0.6) is 5.75 Å². The van der Waals surface area contributed by atoms with Gasteiger partial charge in [-0.15, -0.1) is 0 Å². The Bertz CT molecular complexity index is 530. The van der Waals surface area contributed by atoms with E-state index >= 15 is 0 Å². The van der Waals surface area contributed by atoms with E-state index < -0.39 is 6.09 Å². The normalized spacial score (nSPS) is 17.7. The third kappa shape index (κ3) is 4.09. The minimum Gasteiger partial charge on any atom is -0.497 e. The summed E-state index contributed by atoms with van der Waals surface area (Å²) in [7, 11) is 1.66. The van der Waals surface area contributed by atoms with Gasteiger partial charge in [-0.05, 0) is 48.9 Å². The summed E-state index contributed by atoms with van der Waals surface area (Å²) < 4.78 is 10.4. The number of primary amides is 1. The Hall–Kier alpha value is -1.91. The molecule has 1 unspecified atom stereocenters. The lowest BCUT2D eigenvalue weighted by molar-refractivity contribution is 0.0217. The van der Waals surface area contributed by atoms with Crippen LogP contribution in [0.2, 0.25) is 0 Å². The van der Waals surface area contributed by atoms with E-state index in [4.69, 9.17) is 15.2 Å². The van der Waals surface area contributed by atoms with Gasteiger partial charge in [0.05, 0.1) is 13.7 Å². The number of hydrogen-bond acceptors (Lipinski definition) is 4. The van der Waals surface area contributed by atoms with Crippen LogP contribution in [-0.4, -0.2) is 25.3 Å². The first kappa shape index (κ1) is 17.4. The molecule has 3 N–H and O–H groups in total. The molecule has 1 aliphatic rings. The fourth-order valence-electron chi connectivity index (χ4n) is 3.48. The molecule has 0 aliphatic heterocycles. The Balaban J connectivity index is 2.19. The van der Waals surface area contributed by atoms with Gasteiger partial charge < -0.3 is 20.5 Å². The Morgan fingerprint density at radius 1 is 1.30 bits per heavy atom. The van der Waals surface area contributed by atoms with Crippen molar-refractivity contribution in [3.63, 3.8) is 0 Å². The molecule has 1 saturated carbocycles. The van der Waals surface area contributed by atoms with E-state index in [9.17, 15) is 4.79 Å². The van der Waals surface area contributed by atoms with Crippen LogP contribution < -0.4 is 15.8 Å². The highest BCUT2D eigenvalue weighted by Gasteiger charge is 2.49. The molecule has 5 nitrogen and oxygen atoms in total. The number of ether oxygens (including phenoxy) is 2. The number of rotatable bonds is 6. The Morgan fingerprint density at radius 3 is 2.30 bits per heavy atom. The van der Waals surface area contributed by atoms with Gasteiger partial charge in [0.2, 0.25) is 0 Å². The minimum absolute atomic E-state index is 0.00462. The van der Waals surface area contributed by atoms with Crippen molar-refractivity contribution in [3.8, 4) is 5.75 Å². The zero-order valence-corrected chi connectivity index (χ0v) is 14.5. The molecule has 0 bridgehead atoms. The SMILES string of the molecule is COc1ccc(NC2(C(COC(N)=O)C(C)(C)C)CCC2)cc1. The molecule has 23 heavy (non-hydrogen) atoms. The molecule has 0 radical (unpaired) electrons. The van der Waals surface area contributed by atoms with Gasteiger partial charge in [-0.25, -0.2) is 4.79 Å². The van der Waals surface area contributed by atoms with Gasteiger partial charge >= 0.3 is 6.09 Å². The fraction of sp³-hybridized carbons (Fsp3) is 0.611. The van der Waals surface area contributed by atoms with Crippen molar-refractivity contribution in [2.45, 2.75) is 45.6 Å². The molecule has 128 valence electrons. The summed E-state index contributed by atoms with van der Waals surface area (Å²) >= 11 is 0. The molecular formula is C18H28N2O3. The highest BCUT2D eigenvalue weighted by molar-refractivity contribution is 5.64. The number of nitrogens with two attached hydrogens (primary N) is 1. The highest BCUT2D eigenvalue weighted by Crippen LogP contribution is 2.48. The molecular weight excluding hydrogens is 292 g/mol. The number of amides is 1. The maximum atomic E-state index is 11.1. The van der Waals surface area contributed by atoms with E-state index in [-0.39, 0.29) is 16.9 Å². The van der Waals surface area contributed by atoms with Gasteiger partial charge in [-0.1, -0.05) is 20.8 Å². The average molecular weight is 320 g/mol. The summed E-state index contributed by atoms with van der Waals surface area (Å²) in [5.74, 6) is 1.01. The van der Waals surface area contributed by atoms with Crippen LogP contribution in [0.15, 0.2) is 24.3 Å². The predicted molar refractivity (Wildman–Crippen MR) is 91.7 cm³/mol. The number of methoxy groups -OCH3 is 1. The lowest BCUT2D eigenvalue weighted by Gasteiger charge is -2.53. The van der Waals surface area contributed by atoms with Crippen molar-refractivity contribution in [1.82, 2.24) is 0 Å². The maximum Gasteiger partial charge on any atom is 0.404 e. The number of anilines is 1. The molecule has 1 amide bonds. The number of nitrogens with one attached hydrogen (secondary N) is 1. The second-order valence-electron chi connectivity index (χ2n) is 7.41. The summed E-state index contributed by atoms with van der Waals surface area (Å²) in [6.07, 6.45) is 2.58. The van der Waals surface area contributed by atoms with Gasteiger partial charge in [0, 0.05) is 17.1 Å². The van der Waals surface area contributed by atoms with Gasteiger partial charge in [0.25, 0.3) is 0 Å². The van der Waals surface area contributed by atoms with E-state index in [1.807, 2.05) is 24.3 Å². The first-order chi connectivity index (χ1) is 10.8. The molecule has 1 atom stereocenters. The van der Waals surface area contributed by atoms with Gasteiger partial charge in [0.15, 0.2) is 0 Å². The number of carbonyl (C=O) groups is 1. The van der Waals surface area contributed by atoms with Crippen LogP contribution in [0.3, 0.4) is 0 Å². The van der Waals surface area contributed by atoms with Crippen molar-refractivity contribution in [3.05, 3.63) is 24.3 Å². The molecule has 1 fully saturated rings. The molecule has 1 aromatic rings. The second kappa shape index (κ2) is 6.69. The zero-order chi connectivity index (χ0) is 17.1. The third-order valence-corrected chi connectivity index (χ3v) is 4.83. The number of hydrogen-bond donors (Lipinski definition) is 2. The molecule has 0 saturated heterocycles. The number of benzene rings is 1. The van der Waals surface area contributed by atoms with E-state index in [2.05, 4.69) is 26.1 Å². The molecule has 1 aliphatic carbocycles. The first-order valence-corrected chi connectivity index (χ1v) is 8.11. The lowest BCUT2D eigenvalue weighted by Crippen LogP contribution is -2.57. The quantitative estimate of drug-likeness (QED) is 0.836. The van der Waals surface area contributed by atoms with E-state index in [1.165, 1.54) is 6.42 Å². The van der Waals surface area contributed by atoms with Crippen molar-refractivity contribution in [2.24, 2.45) is 17.1 Å². The Morgan fingerprint density at radius 2 is 1.91 bits per heavy atom. The smallest absolute Gasteiger partial charge is 0.404 e. The molecule has 2 rings (SSSR count). The summed E-state index contributed by atoms with van der Waals surface area (Å²) in [5, 5.41) is 3.69. The molecule has 5 heteroatoms. The molecule has 0 heterocycles. The summed E-state index contributed by atoms with van der Waals surface area (Å²) in [4.78, 5) is 11.1. The minimum atomic E-state index is -0.710. The van der Waals surface area contributed by atoms with Crippen LogP contribution in [0.4, 0.5) is 10.5 Å². The maximum absolute atomic E-state index is 11.1. The van der Waals surface area contributed by atoms with Gasteiger partial charge in [0.1, 0.15) is 5.75 Å². The number of carbonyl (C=O) groups excluding carboxylic acids is 1. The van der Waals surface area contributed by atoms with Crippen LogP contribution in [-0.2, 0) is 4.74 Å². The van der Waals surface area contributed by atoms with Crippen LogP contribution in [0.25, 0.3) is 0 Å². The van der Waals surface area contributed by atoms with Gasteiger partial charge in [-0.3, -0.25) is 0 Å². The Kier molecular flexibility index (Phi) is 5.07. The largest absolute Gasteiger partial charge is 0.497 e. The van der Waals surface area contributed by atoms with Crippen LogP contribution in [0, 0.1) is 11.3 Å². The van der Waals surface area contributed by atoms with Crippen LogP contribution in [0.1, 0.15) is 40.0 Å². The van der Waals surface area contributed by atoms with E-state index in [0.717, 1.165) is 24.3 Å². The molecule has 1 aromatic carbocycles. The van der Waals surface area contributed by atoms with E-state index in [0.29, 0.717) is 6.61 Å². The monoisotopic (exact) mass is 320 g/mol. The van der Waals surface area contributed by atoms with Crippen molar-refractivity contribution < 1.29 is 14.3 Å². The zero-order valence-electron chi connectivity index (χ0n) is 14.5. The topological polar surface area (TPSA) is 73.6 Å². The summed E-state index contributed by atoms with van der Waals surface area (Å²) in [6.45, 7) is 6.87. The van der Waals surface area contributed by atoms with Crippen molar-refractivity contribution in [1.29, 1.82) is 0 Å². The summed E-state index contributed by atoms with van der Waals surface area (Å²) in [5.41, 5.74) is 6.16. The van der Waals surface area contributed by atoms with Gasteiger partial charge in [-0.2, -0.15) is 0 Å². The van der Waals surface area contributed by atoms with Crippen molar-refractivity contribution >= 4 is 11.8 Å². The first-order valence-electron chi connectivity index (χ1n) is 8.11. The standard InChI is InChI=1S/C18H28N2O3/c1-17(2,3)15(12-23-16(19)21)18(10-5-11-18)20-13-6-8-14(22-4)9-7-13/h6-9,15,20H,5,10-12H2,1-4H3,(H2,19,21). The predicted octanol–water partition coefficient (Wildman–Crippen LogP) is 3.79. The van der Waals surface area contributed by atoms with E-state index in [1.54, 1.807) is 7.11 Å². The second-order valence-corrected chi connectivity index (χ2v) is 7.41. The van der Waals surface area contributed by atoms with Crippen LogP contribution >= 0.6 is 0 Å². The average Bonchev–Trinajstić information content (AvgIpc) is 2.43. The highest BCUT2D eigenvalue weighted by atomic mass is 16.5.